The molecule has 2 atom stereocenters. The van der Waals surface area contributed by atoms with Crippen LogP contribution in [-0.2, 0) is 16.0 Å². The van der Waals surface area contributed by atoms with Gasteiger partial charge in [-0.2, -0.15) is 0 Å². The van der Waals surface area contributed by atoms with Crippen molar-refractivity contribution < 1.29 is 19.4 Å². The summed E-state index contributed by atoms with van der Waals surface area (Å²) in [6.45, 7) is 2.10. The molecule has 1 aromatic rings. The molecule has 0 saturated carbocycles. The second kappa shape index (κ2) is 7.11. The van der Waals surface area contributed by atoms with Gasteiger partial charge >= 0.3 is 12.1 Å². The minimum atomic E-state index is -1.05. The topological polar surface area (TPSA) is 66.8 Å². The maximum absolute atomic E-state index is 11.3. The van der Waals surface area contributed by atoms with Crippen molar-refractivity contribution in [2.24, 2.45) is 0 Å². The van der Waals surface area contributed by atoms with Crippen LogP contribution in [-0.4, -0.2) is 40.8 Å². The highest BCUT2D eigenvalue weighted by atomic mass is 16.6. The van der Waals surface area contributed by atoms with Crippen LogP contribution >= 0.6 is 0 Å². The van der Waals surface area contributed by atoms with Gasteiger partial charge in [0, 0.05) is 6.54 Å². The van der Waals surface area contributed by atoms with Crippen LogP contribution in [0.5, 0.6) is 0 Å². The highest BCUT2D eigenvalue weighted by Gasteiger charge is 2.45. The number of aryl methyl sites for hydroxylation is 1. The van der Waals surface area contributed by atoms with Gasteiger partial charge in [-0.25, -0.2) is 9.59 Å². The fourth-order valence-electron chi connectivity index (χ4n) is 2.60. The minimum absolute atomic E-state index is 0.335. The summed E-state index contributed by atoms with van der Waals surface area (Å²) in [6.07, 6.45) is 2.33. The number of ether oxygens (including phenoxy) is 1. The van der Waals surface area contributed by atoms with E-state index in [4.69, 9.17) is 4.74 Å². The van der Waals surface area contributed by atoms with Crippen LogP contribution < -0.4 is 0 Å². The number of carbonyl (C=O) groups is 2. The molecule has 0 bridgehead atoms. The van der Waals surface area contributed by atoms with E-state index in [1.807, 2.05) is 18.2 Å². The average Bonchev–Trinajstić information content (AvgIpc) is 2.46. The molecule has 0 aliphatic carbocycles. The van der Waals surface area contributed by atoms with Crippen LogP contribution in [0.4, 0.5) is 4.79 Å². The molecule has 0 radical (unpaired) electrons. The molecule has 1 aromatic carbocycles. The first-order valence-corrected chi connectivity index (χ1v) is 7.33. The van der Waals surface area contributed by atoms with Crippen molar-refractivity contribution in [1.29, 1.82) is 0 Å². The maximum atomic E-state index is 11.3. The van der Waals surface area contributed by atoms with E-state index in [2.05, 4.69) is 12.1 Å². The molecule has 21 heavy (non-hydrogen) atoms. The Balaban J connectivity index is 1.71. The van der Waals surface area contributed by atoms with E-state index >= 15 is 0 Å². The molecule has 0 unspecified atom stereocenters. The first-order valence-electron chi connectivity index (χ1n) is 7.33. The summed E-state index contributed by atoms with van der Waals surface area (Å²) in [5.41, 5.74) is 1.30. The number of hydrogen-bond acceptors (Lipinski definition) is 3. The van der Waals surface area contributed by atoms with Gasteiger partial charge in [-0.1, -0.05) is 36.8 Å². The number of amides is 1. The number of unbranched alkanes of at least 4 members (excludes halogenated alkanes) is 2. The Hall–Kier alpha value is -2.04. The molecule has 1 saturated heterocycles. The number of nitrogens with zero attached hydrogens (tertiary/aromatic N) is 1. The molecule has 5 nitrogen and oxygen atoms in total. The van der Waals surface area contributed by atoms with Crippen molar-refractivity contribution in [1.82, 2.24) is 4.90 Å². The smallest absolute Gasteiger partial charge is 0.408 e. The molecule has 2 rings (SSSR count). The van der Waals surface area contributed by atoms with Crippen molar-refractivity contribution in [2.45, 2.75) is 44.8 Å². The highest BCUT2D eigenvalue weighted by molar-refractivity contribution is 5.85. The van der Waals surface area contributed by atoms with E-state index < -0.39 is 18.1 Å². The van der Waals surface area contributed by atoms with Gasteiger partial charge in [-0.05, 0) is 31.7 Å². The molecule has 0 aromatic heterocycles. The first-order chi connectivity index (χ1) is 10.1. The van der Waals surface area contributed by atoms with Crippen LogP contribution in [0, 0.1) is 0 Å². The molecular formula is C16H21NO4. The lowest BCUT2D eigenvalue weighted by Crippen LogP contribution is -2.60. The first kappa shape index (κ1) is 15.4. The summed E-state index contributed by atoms with van der Waals surface area (Å²) in [5.74, 6) is -0.436. The van der Waals surface area contributed by atoms with Gasteiger partial charge in [-0.3, -0.25) is 4.90 Å². The van der Waals surface area contributed by atoms with Gasteiger partial charge in [0.2, 0.25) is 0 Å². The monoisotopic (exact) mass is 291 g/mol. The summed E-state index contributed by atoms with van der Waals surface area (Å²) in [4.78, 5) is 23.8. The van der Waals surface area contributed by atoms with Crippen LogP contribution in [0.1, 0.15) is 31.7 Å². The predicted octanol–water partition coefficient (Wildman–Crippen LogP) is 2.69. The predicted molar refractivity (Wildman–Crippen MR) is 78.1 cm³/mol. The third kappa shape index (κ3) is 3.97. The lowest BCUT2D eigenvalue weighted by molar-refractivity contribution is -0.183. The van der Waals surface area contributed by atoms with Crippen LogP contribution in [0.15, 0.2) is 30.3 Å². The molecule has 1 aliphatic heterocycles. The summed E-state index contributed by atoms with van der Waals surface area (Å²) in [5, 5.41) is 9.20. The summed E-state index contributed by atoms with van der Waals surface area (Å²) in [6, 6.07) is 9.59. The molecular weight excluding hydrogens is 270 g/mol. The fourth-order valence-corrected chi connectivity index (χ4v) is 2.60. The molecule has 0 spiro atoms. The van der Waals surface area contributed by atoms with Crippen LogP contribution in [0.25, 0.3) is 0 Å². The van der Waals surface area contributed by atoms with E-state index in [1.165, 1.54) is 10.5 Å². The van der Waals surface area contributed by atoms with Crippen molar-refractivity contribution in [3.63, 3.8) is 0 Å². The van der Waals surface area contributed by atoms with E-state index in [0.29, 0.717) is 6.54 Å². The summed E-state index contributed by atoms with van der Waals surface area (Å²) in [7, 11) is 0. The number of rotatable bonds is 7. The molecule has 1 heterocycles. The number of cyclic esters (lactones) is 1. The Morgan fingerprint density at radius 1 is 1.24 bits per heavy atom. The van der Waals surface area contributed by atoms with E-state index in [-0.39, 0.29) is 6.10 Å². The summed E-state index contributed by atoms with van der Waals surface area (Å²) >= 11 is 0. The lowest BCUT2D eigenvalue weighted by Gasteiger charge is -2.39. The van der Waals surface area contributed by atoms with Crippen molar-refractivity contribution in [3.05, 3.63) is 35.9 Å². The van der Waals surface area contributed by atoms with Gasteiger partial charge in [0.15, 0.2) is 6.04 Å². The Kier molecular flexibility index (Phi) is 5.20. The number of hydrogen-bond donors (Lipinski definition) is 1. The summed E-state index contributed by atoms with van der Waals surface area (Å²) < 4.78 is 4.82. The molecule has 114 valence electrons. The highest BCUT2D eigenvalue weighted by Crippen LogP contribution is 2.21. The SMILES string of the molecule is C[C@@H]1OC(=O)[C@@H]1N(CCCCCc1ccccc1)C(=O)O. The van der Waals surface area contributed by atoms with Crippen molar-refractivity contribution in [2.75, 3.05) is 6.54 Å². The quantitative estimate of drug-likeness (QED) is 0.619. The van der Waals surface area contributed by atoms with E-state index in [9.17, 15) is 14.7 Å². The third-order valence-corrected chi connectivity index (χ3v) is 3.78. The lowest BCUT2D eigenvalue weighted by atomic mass is 10.0. The standard InChI is InChI=1S/C16H21NO4/c1-12-14(15(18)21-12)17(16(19)20)11-7-3-6-10-13-8-4-2-5-9-13/h2,4-5,8-9,12,14H,3,6-7,10-11H2,1H3,(H,19,20)/t12-,14+/m0/s1. The van der Waals surface area contributed by atoms with E-state index in [0.717, 1.165) is 25.7 Å². The molecule has 1 fully saturated rings. The Bertz CT molecular complexity index is 488. The maximum Gasteiger partial charge on any atom is 0.408 e. The normalized spacial score (nSPS) is 20.5. The van der Waals surface area contributed by atoms with Gasteiger partial charge in [0.25, 0.3) is 0 Å². The Morgan fingerprint density at radius 3 is 2.52 bits per heavy atom. The average molecular weight is 291 g/mol. The van der Waals surface area contributed by atoms with Gasteiger partial charge in [-0.15, -0.1) is 0 Å². The van der Waals surface area contributed by atoms with Crippen molar-refractivity contribution >= 4 is 12.1 Å². The van der Waals surface area contributed by atoms with Gasteiger partial charge in [0.05, 0.1) is 0 Å². The number of carboxylic acid groups (broad SMARTS) is 1. The molecule has 5 heteroatoms. The fraction of sp³-hybridized carbons (Fsp3) is 0.500. The van der Waals surface area contributed by atoms with Gasteiger partial charge in [0.1, 0.15) is 6.10 Å². The number of benzene rings is 1. The minimum Gasteiger partial charge on any atom is -0.465 e. The second-order valence-corrected chi connectivity index (χ2v) is 5.36. The number of esters is 1. The Labute approximate surface area is 124 Å². The van der Waals surface area contributed by atoms with E-state index in [1.54, 1.807) is 6.92 Å². The largest absolute Gasteiger partial charge is 0.465 e. The zero-order valence-electron chi connectivity index (χ0n) is 12.2. The molecule has 1 N–H and O–H groups in total. The Morgan fingerprint density at radius 2 is 1.95 bits per heavy atom. The van der Waals surface area contributed by atoms with Crippen LogP contribution in [0.3, 0.4) is 0 Å². The zero-order valence-corrected chi connectivity index (χ0v) is 12.2. The van der Waals surface area contributed by atoms with Crippen LogP contribution in [0.2, 0.25) is 0 Å². The third-order valence-electron chi connectivity index (χ3n) is 3.78. The van der Waals surface area contributed by atoms with Crippen molar-refractivity contribution in [3.8, 4) is 0 Å². The number of carbonyl (C=O) groups excluding carboxylic acids is 1. The second-order valence-electron chi connectivity index (χ2n) is 5.36. The van der Waals surface area contributed by atoms with Gasteiger partial charge < -0.3 is 9.84 Å². The molecule has 1 amide bonds. The molecule has 1 aliphatic rings. The zero-order chi connectivity index (χ0) is 15.2.